The number of hydrogen-bond acceptors (Lipinski definition) is 3. The minimum absolute atomic E-state index is 0.0418. The van der Waals surface area contributed by atoms with Crippen molar-refractivity contribution in [3.8, 4) is 0 Å². The first kappa shape index (κ1) is 12.1. The summed E-state index contributed by atoms with van der Waals surface area (Å²) in [7, 11) is 0. The van der Waals surface area contributed by atoms with E-state index < -0.39 is 0 Å². The standard InChI is InChI=1S/C13H21N3O/c1-4-11-14-12(7-13(17)15-11)16-6-5-10(8-16)9(2)3/h7,9-10H,4-6,8H2,1-3H3,(H,14,15,17). The highest BCUT2D eigenvalue weighted by atomic mass is 16.1. The maximum Gasteiger partial charge on any atom is 0.252 e. The maximum absolute atomic E-state index is 11.5. The molecule has 1 aliphatic rings. The summed E-state index contributed by atoms with van der Waals surface area (Å²) in [6.07, 6.45) is 1.97. The number of hydrogen-bond donors (Lipinski definition) is 1. The van der Waals surface area contributed by atoms with Crippen LogP contribution in [0.15, 0.2) is 10.9 Å². The van der Waals surface area contributed by atoms with Gasteiger partial charge in [-0.05, 0) is 18.3 Å². The highest BCUT2D eigenvalue weighted by Crippen LogP contribution is 2.26. The molecule has 2 rings (SSSR count). The molecular weight excluding hydrogens is 214 g/mol. The summed E-state index contributed by atoms with van der Waals surface area (Å²) in [6, 6.07) is 1.61. The number of aryl methyl sites for hydroxylation is 1. The van der Waals surface area contributed by atoms with Crippen molar-refractivity contribution in [3.05, 3.63) is 22.2 Å². The molecule has 0 bridgehead atoms. The molecule has 0 aliphatic carbocycles. The van der Waals surface area contributed by atoms with E-state index in [1.54, 1.807) is 6.07 Å². The minimum atomic E-state index is -0.0418. The van der Waals surface area contributed by atoms with E-state index in [4.69, 9.17) is 0 Å². The molecule has 0 aromatic carbocycles. The molecular formula is C13H21N3O. The van der Waals surface area contributed by atoms with Crippen LogP contribution < -0.4 is 10.5 Å². The Bertz CT molecular complexity index is 439. The first-order valence-electron chi connectivity index (χ1n) is 6.45. The molecule has 1 fully saturated rings. The third-order valence-corrected chi connectivity index (χ3v) is 3.60. The summed E-state index contributed by atoms with van der Waals surface area (Å²) in [4.78, 5) is 21.0. The third-order valence-electron chi connectivity index (χ3n) is 3.60. The number of aromatic nitrogens is 2. The zero-order valence-corrected chi connectivity index (χ0v) is 10.9. The monoisotopic (exact) mass is 235 g/mol. The highest BCUT2D eigenvalue weighted by molar-refractivity contribution is 5.38. The second-order valence-electron chi connectivity index (χ2n) is 5.14. The van der Waals surface area contributed by atoms with Crippen molar-refractivity contribution in [2.24, 2.45) is 11.8 Å². The number of H-pyrrole nitrogens is 1. The number of aromatic amines is 1. The van der Waals surface area contributed by atoms with E-state index in [1.165, 1.54) is 6.42 Å². The van der Waals surface area contributed by atoms with Crippen molar-refractivity contribution >= 4 is 5.82 Å². The molecule has 0 spiro atoms. The smallest absolute Gasteiger partial charge is 0.252 e. The molecule has 1 aromatic rings. The van der Waals surface area contributed by atoms with Crippen molar-refractivity contribution < 1.29 is 0 Å². The van der Waals surface area contributed by atoms with Gasteiger partial charge in [0.2, 0.25) is 0 Å². The van der Waals surface area contributed by atoms with Crippen molar-refractivity contribution in [1.82, 2.24) is 9.97 Å². The second-order valence-corrected chi connectivity index (χ2v) is 5.14. The van der Waals surface area contributed by atoms with E-state index >= 15 is 0 Å². The van der Waals surface area contributed by atoms with Crippen molar-refractivity contribution in [2.45, 2.75) is 33.6 Å². The van der Waals surface area contributed by atoms with E-state index in [-0.39, 0.29) is 5.56 Å². The average molecular weight is 235 g/mol. The number of nitrogens with zero attached hydrogens (tertiary/aromatic N) is 2. The molecule has 1 saturated heterocycles. The SMILES string of the molecule is CCc1nc(N2CCC(C(C)C)C2)cc(=O)[nH]1. The highest BCUT2D eigenvalue weighted by Gasteiger charge is 2.25. The largest absolute Gasteiger partial charge is 0.356 e. The van der Waals surface area contributed by atoms with Gasteiger partial charge in [0.15, 0.2) is 0 Å². The molecule has 4 nitrogen and oxygen atoms in total. The number of rotatable bonds is 3. The third kappa shape index (κ3) is 2.68. The Kier molecular flexibility index (Phi) is 3.50. The predicted molar refractivity (Wildman–Crippen MR) is 69.4 cm³/mol. The van der Waals surface area contributed by atoms with Crippen LogP contribution in [0.25, 0.3) is 0 Å². The zero-order chi connectivity index (χ0) is 12.4. The van der Waals surface area contributed by atoms with Crippen LogP contribution >= 0.6 is 0 Å². The Morgan fingerprint density at radius 3 is 2.94 bits per heavy atom. The molecule has 0 saturated carbocycles. The van der Waals surface area contributed by atoms with E-state index in [0.717, 1.165) is 37.1 Å². The van der Waals surface area contributed by atoms with Gasteiger partial charge in [0.25, 0.3) is 5.56 Å². The van der Waals surface area contributed by atoms with Crippen LogP contribution in [0.2, 0.25) is 0 Å². The lowest BCUT2D eigenvalue weighted by Gasteiger charge is -2.19. The quantitative estimate of drug-likeness (QED) is 0.869. The van der Waals surface area contributed by atoms with E-state index in [1.807, 2.05) is 6.92 Å². The lowest BCUT2D eigenvalue weighted by atomic mass is 9.95. The molecule has 0 amide bonds. The van der Waals surface area contributed by atoms with Gasteiger partial charge in [-0.3, -0.25) is 4.79 Å². The van der Waals surface area contributed by atoms with Gasteiger partial charge in [0, 0.05) is 25.6 Å². The van der Waals surface area contributed by atoms with E-state index in [9.17, 15) is 4.79 Å². The van der Waals surface area contributed by atoms with Crippen molar-refractivity contribution in [2.75, 3.05) is 18.0 Å². The van der Waals surface area contributed by atoms with Gasteiger partial charge >= 0.3 is 0 Å². The lowest BCUT2D eigenvalue weighted by Crippen LogP contribution is -2.25. The van der Waals surface area contributed by atoms with E-state index in [2.05, 4.69) is 28.7 Å². The Morgan fingerprint density at radius 2 is 2.35 bits per heavy atom. The summed E-state index contributed by atoms with van der Waals surface area (Å²) >= 11 is 0. The average Bonchev–Trinajstić information content (AvgIpc) is 2.77. The Labute approximate surface area is 102 Å². The van der Waals surface area contributed by atoms with Gasteiger partial charge in [0.1, 0.15) is 11.6 Å². The fourth-order valence-corrected chi connectivity index (χ4v) is 2.36. The summed E-state index contributed by atoms with van der Waals surface area (Å²) < 4.78 is 0. The fraction of sp³-hybridized carbons (Fsp3) is 0.692. The summed E-state index contributed by atoms with van der Waals surface area (Å²) in [5, 5.41) is 0. The minimum Gasteiger partial charge on any atom is -0.356 e. The second kappa shape index (κ2) is 4.90. The maximum atomic E-state index is 11.5. The van der Waals surface area contributed by atoms with Gasteiger partial charge in [0.05, 0.1) is 0 Å². The van der Waals surface area contributed by atoms with Gasteiger partial charge in [-0.1, -0.05) is 20.8 Å². The van der Waals surface area contributed by atoms with Gasteiger partial charge < -0.3 is 9.88 Å². The topological polar surface area (TPSA) is 49.0 Å². The Morgan fingerprint density at radius 1 is 1.59 bits per heavy atom. The molecule has 1 N–H and O–H groups in total. The predicted octanol–water partition coefficient (Wildman–Crippen LogP) is 1.81. The fourth-order valence-electron chi connectivity index (χ4n) is 2.36. The molecule has 1 unspecified atom stereocenters. The zero-order valence-electron chi connectivity index (χ0n) is 10.9. The van der Waals surface area contributed by atoms with Gasteiger partial charge in [-0.2, -0.15) is 0 Å². The first-order valence-corrected chi connectivity index (χ1v) is 6.45. The van der Waals surface area contributed by atoms with Crippen LogP contribution in [0.5, 0.6) is 0 Å². The summed E-state index contributed by atoms with van der Waals surface area (Å²) in [6.45, 7) is 8.57. The van der Waals surface area contributed by atoms with E-state index in [0.29, 0.717) is 5.92 Å². The van der Waals surface area contributed by atoms with Crippen molar-refractivity contribution in [3.63, 3.8) is 0 Å². The number of anilines is 1. The molecule has 1 aromatic heterocycles. The molecule has 2 heterocycles. The van der Waals surface area contributed by atoms with Crippen LogP contribution in [-0.2, 0) is 6.42 Å². The van der Waals surface area contributed by atoms with Crippen LogP contribution in [0.1, 0.15) is 33.0 Å². The first-order chi connectivity index (χ1) is 8.10. The Balaban J connectivity index is 2.18. The van der Waals surface area contributed by atoms with Gasteiger partial charge in [-0.25, -0.2) is 4.98 Å². The summed E-state index contributed by atoms with van der Waals surface area (Å²) in [5.41, 5.74) is -0.0418. The molecule has 1 aliphatic heterocycles. The molecule has 94 valence electrons. The molecule has 4 heteroatoms. The molecule has 17 heavy (non-hydrogen) atoms. The Hall–Kier alpha value is -1.32. The lowest BCUT2D eigenvalue weighted by molar-refractivity contribution is 0.422. The van der Waals surface area contributed by atoms with Crippen LogP contribution in [0, 0.1) is 11.8 Å². The molecule has 1 atom stereocenters. The van der Waals surface area contributed by atoms with Crippen LogP contribution in [0.4, 0.5) is 5.82 Å². The van der Waals surface area contributed by atoms with Crippen molar-refractivity contribution in [1.29, 1.82) is 0 Å². The summed E-state index contributed by atoms with van der Waals surface area (Å²) in [5.74, 6) is 3.04. The normalized spacial score (nSPS) is 20.2. The van der Waals surface area contributed by atoms with Crippen LogP contribution in [-0.4, -0.2) is 23.1 Å². The molecule has 0 radical (unpaired) electrons. The van der Waals surface area contributed by atoms with Gasteiger partial charge in [-0.15, -0.1) is 0 Å². The number of nitrogens with one attached hydrogen (secondary N) is 1. The van der Waals surface area contributed by atoms with Crippen LogP contribution in [0.3, 0.4) is 0 Å².